The molecule has 0 aromatic heterocycles. The summed E-state index contributed by atoms with van der Waals surface area (Å²) in [5.74, 6) is 0.296. The zero-order valence-corrected chi connectivity index (χ0v) is 14.5. The van der Waals surface area contributed by atoms with E-state index in [1.807, 2.05) is 70.2 Å². The summed E-state index contributed by atoms with van der Waals surface area (Å²) in [7, 11) is -0.395. The number of phenols is 1. The van der Waals surface area contributed by atoms with Gasteiger partial charge in [0.1, 0.15) is 5.75 Å². The fourth-order valence-corrected chi connectivity index (χ4v) is 3.24. The molecule has 0 saturated carbocycles. The molecule has 3 aromatic carbocycles. The van der Waals surface area contributed by atoms with Gasteiger partial charge in [-0.3, -0.25) is 0 Å². The lowest BCUT2D eigenvalue weighted by molar-refractivity contribution is 0.00578. The Hall–Kier alpha value is -2.04. The molecule has 0 aliphatic carbocycles. The van der Waals surface area contributed by atoms with Gasteiger partial charge in [0.05, 0.1) is 11.2 Å². The number of hydrogen-bond donors (Lipinski definition) is 1. The molecule has 0 bridgehead atoms. The fourth-order valence-electron chi connectivity index (χ4n) is 3.24. The summed E-state index contributed by atoms with van der Waals surface area (Å²) < 4.78 is 12.3. The molecule has 1 heterocycles. The summed E-state index contributed by atoms with van der Waals surface area (Å²) in [4.78, 5) is 0. The monoisotopic (exact) mass is 320 g/mol. The van der Waals surface area contributed by atoms with Crippen molar-refractivity contribution in [1.29, 1.82) is 0 Å². The van der Waals surface area contributed by atoms with Gasteiger partial charge in [0.15, 0.2) is 0 Å². The van der Waals surface area contributed by atoms with Crippen LogP contribution in [0.3, 0.4) is 0 Å². The van der Waals surface area contributed by atoms with Crippen LogP contribution in [0.15, 0.2) is 48.5 Å². The molecule has 3 aromatic rings. The third-order valence-corrected chi connectivity index (χ3v) is 5.39. The molecule has 1 aliphatic rings. The van der Waals surface area contributed by atoms with Crippen LogP contribution in [-0.4, -0.2) is 23.4 Å². The van der Waals surface area contributed by atoms with Gasteiger partial charge in [-0.25, -0.2) is 0 Å². The van der Waals surface area contributed by atoms with E-state index in [0.717, 1.165) is 27.0 Å². The quantitative estimate of drug-likeness (QED) is 0.544. The summed E-state index contributed by atoms with van der Waals surface area (Å²) >= 11 is 0. The van der Waals surface area contributed by atoms with Gasteiger partial charge in [-0.05, 0) is 55.4 Å². The van der Waals surface area contributed by atoms with Gasteiger partial charge in [0.25, 0.3) is 0 Å². The lowest BCUT2D eigenvalue weighted by atomic mass is 9.78. The highest BCUT2D eigenvalue weighted by molar-refractivity contribution is 6.62. The molecule has 1 fully saturated rings. The third kappa shape index (κ3) is 2.21. The molecule has 1 saturated heterocycles. The maximum Gasteiger partial charge on any atom is 0.494 e. The molecule has 0 atom stereocenters. The van der Waals surface area contributed by atoms with Crippen molar-refractivity contribution in [2.45, 2.75) is 38.9 Å². The third-order valence-electron chi connectivity index (χ3n) is 5.39. The Kier molecular flexibility index (Phi) is 3.21. The van der Waals surface area contributed by atoms with Gasteiger partial charge in [0.2, 0.25) is 0 Å². The molecule has 24 heavy (non-hydrogen) atoms. The average Bonchev–Trinajstić information content (AvgIpc) is 2.75. The predicted octanol–water partition coefficient (Wildman–Crippen LogP) is 4.00. The van der Waals surface area contributed by atoms with E-state index in [4.69, 9.17) is 9.31 Å². The first-order valence-corrected chi connectivity index (χ1v) is 8.28. The first-order chi connectivity index (χ1) is 11.3. The van der Waals surface area contributed by atoms with E-state index in [1.54, 1.807) is 0 Å². The van der Waals surface area contributed by atoms with Crippen LogP contribution in [0.2, 0.25) is 0 Å². The number of rotatable bonds is 1. The number of aromatic hydroxyl groups is 1. The molecule has 0 spiro atoms. The Balaban J connectivity index is 1.84. The molecule has 0 unspecified atom stereocenters. The molecular formula is C20H21BO3. The molecular weight excluding hydrogens is 299 g/mol. The predicted molar refractivity (Wildman–Crippen MR) is 98.8 cm³/mol. The number of fused-ring (bicyclic) bond motifs is 3. The topological polar surface area (TPSA) is 38.7 Å². The standard InChI is InChI=1S/C20H21BO3/c1-19(2)20(3,4)24-21(23-19)14-9-10-15-13(11-14)12-18(22)17-8-6-5-7-16(15)17/h5-12,22H,1-4H3. The molecule has 1 N–H and O–H groups in total. The lowest BCUT2D eigenvalue weighted by Gasteiger charge is -2.32. The minimum atomic E-state index is -0.395. The summed E-state index contributed by atoms with van der Waals surface area (Å²) in [6.45, 7) is 8.20. The first-order valence-electron chi connectivity index (χ1n) is 8.28. The SMILES string of the molecule is CC1(C)OB(c2ccc3c(c2)cc(O)c2ccccc23)OC1(C)C. The van der Waals surface area contributed by atoms with Crippen LogP contribution in [0.1, 0.15) is 27.7 Å². The number of phenolic OH excluding ortho intramolecular Hbond substituents is 1. The number of hydrogen-bond acceptors (Lipinski definition) is 3. The molecule has 122 valence electrons. The van der Waals surface area contributed by atoms with Crippen LogP contribution < -0.4 is 5.46 Å². The Bertz CT molecular complexity index is 930. The molecule has 4 heteroatoms. The van der Waals surface area contributed by atoms with Gasteiger partial charge in [-0.15, -0.1) is 0 Å². The van der Waals surface area contributed by atoms with E-state index < -0.39 is 7.12 Å². The first kappa shape index (κ1) is 15.5. The highest BCUT2D eigenvalue weighted by Gasteiger charge is 2.51. The van der Waals surface area contributed by atoms with Gasteiger partial charge in [0, 0.05) is 5.39 Å². The van der Waals surface area contributed by atoms with Crippen molar-refractivity contribution in [2.24, 2.45) is 0 Å². The zero-order valence-electron chi connectivity index (χ0n) is 14.5. The van der Waals surface area contributed by atoms with Crippen molar-refractivity contribution in [2.75, 3.05) is 0 Å². The Labute approximate surface area is 142 Å². The van der Waals surface area contributed by atoms with Crippen LogP contribution in [0.4, 0.5) is 0 Å². The average molecular weight is 320 g/mol. The smallest absolute Gasteiger partial charge is 0.494 e. The minimum absolute atomic E-state index is 0.296. The highest BCUT2D eigenvalue weighted by atomic mass is 16.7. The van der Waals surface area contributed by atoms with Crippen LogP contribution in [0.25, 0.3) is 21.5 Å². The van der Waals surface area contributed by atoms with Crippen LogP contribution in [0, 0.1) is 0 Å². The molecule has 0 amide bonds. The Morgan fingerprint density at radius 3 is 2.08 bits per heavy atom. The van der Waals surface area contributed by atoms with Crippen molar-refractivity contribution < 1.29 is 14.4 Å². The van der Waals surface area contributed by atoms with E-state index >= 15 is 0 Å². The normalized spacial score (nSPS) is 19.2. The van der Waals surface area contributed by atoms with Gasteiger partial charge >= 0.3 is 7.12 Å². The highest BCUT2D eigenvalue weighted by Crippen LogP contribution is 2.37. The van der Waals surface area contributed by atoms with Crippen LogP contribution >= 0.6 is 0 Å². The maximum absolute atomic E-state index is 10.3. The maximum atomic E-state index is 10.3. The summed E-state index contributed by atoms with van der Waals surface area (Å²) in [5.41, 5.74) is 0.242. The van der Waals surface area contributed by atoms with E-state index in [1.165, 1.54) is 0 Å². The van der Waals surface area contributed by atoms with Crippen molar-refractivity contribution in [3.63, 3.8) is 0 Å². The Morgan fingerprint density at radius 2 is 1.42 bits per heavy atom. The van der Waals surface area contributed by atoms with Crippen molar-refractivity contribution in [1.82, 2.24) is 0 Å². The van der Waals surface area contributed by atoms with E-state index in [2.05, 4.69) is 6.07 Å². The summed E-state index contributed by atoms with van der Waals surface area (Å²) in [6.07, 6.45) is 0. The molecule has 4 rings (SSSR count). The largest absolute Gasteiger partial charge is 0.507 e. The fraction of sp³-hybridized carbons (Fsp3) is 0.300. The van der Waals surface area contributed by atoms with E-state index in [9.17, 15) is 5.11 Å². The van der Waals surface area contributed by atoms with Crippen molar-refractivity contribution >= 4 is 34.1 Å². The molecule has 3 nitrogen and oxygen atoms in total. The second kappa shape index (κ2) is 4.98. The molecule has 1 aliphatic heterocycles. The van der Waals surface area contributed by atoms with Crippen LogP contribution in [-0.2, 0) is 9.31 Å². The Morgan fingerprint density at radius 1 is 0.792 bits per heavy atom. The lowest BCUT2D eigenvalue weighted by Crippen LogP contribution is -2.41. The van der Waals surface area contributed by atoms with Crippen molar-refractivity contribution in [3.8, 4) is 5.75 Å². The summed E-state index contributed by atoms with van der Waals surface area (Å²) in [5, 5.41) is 14.3. The second-order valence-corrected chi connectivity index (χ2v) is 7.51. The van der Waals surface area contributed by atoms with Gasteiger partial charge < -0.3 is 14.4 Å². The minimum Gasteiger partial charge on any atom is -0.507 e. The van der Waals surface area contributed by atoms with Crippen molar-refractivity contribution in [3.05, 3.63) is 48.5 Å². The molecule has 0 radical (unpaired) electrons. The van der Waals surface area contributed by atoms with Gasteiger partial charge in [-0.2, -0.15) is 0 Å². The zero-order chi connectivity index (χ0) is 17.1. The van der Waals surface area contributed by atoms with E-state index in [0.29, 0.717) is 5.75 Å². The van der Waals surface area contributed by atoms with E-state index in [-0.39, 0.29) is 11.2 Å². The second-order valence-electron chi connectivity index (χ2n) is 7.51. The van der Waals surface area contributed by atoms with Crippen LogP contribution in [0.5, 0.6) is 5.75 Å². The van der Waals surface area contributed by atoms with Gasteiger partial charge in [-0.1, -0.05) is 42.5 Å². The number of benzene rings is 3. The summed E-state index contributed by atoms with van der Waals surface area (Å²) in [6, 6.07) is 15.9.